The van der Waals surface area contributed by atoms with Gasteiger partial charge in [-0.25, -0.2) is 9.97 Å². The van der Waals surface area contributed by atoms with Crippen molar-refractivity contribution in [3.63, 3.8) is 0 Å². The van der Waals surface area contributed by atoms with Gasteiger partial charge in [-0.05, 0) is 13.0 Å². The molecule has 0 saturated heterocycles. The van der Waals surface area contributed by atoms with Gasteiger partial charge in [-0.2, -0.15) is 0 Å². The summed E-state index contributed by atoms with van der Waals surface area (Å²) >= 11 is 5.74. The average Bonchev–Trinajstić information content (AvgIpc) is 2.28. The van der Waals surface area contributed by atoms with Crippen molar-refractivity contribution in [3.8, 4) is 0 Å². The van der Waals surface area contributed by atoms with Gasteiger partial charge in [0.25, 0.3) is 0 Å². The predicted molar refractivity (Wildman–Crippen MR) is 62.7 cm³/mol. The number of aryl methyl sites for hydroxylation is 1. The molecule has 1 aromatic rings. The van der Waals surface area contributed by atoms with Gasteiger partial charge in [0, 0.05) is 19.2 Å². The van der Waals surface area contributed by atoms with Gasteiger partial charge in [0.1, 0.15) is 5.82 Å². The van der Waals surface area contributed by atoms with Crippen LogP contribution in [-0.2, 0) is 21.8 Å². The zero-order chi connectivity index (χ0) is 11.8. The van der Waals surface area contributed by atoms with E-state index in [0.717, 1.165) is 17.2 Å². The van der Waals surface area contributed by atoms with Crippen molar-refractivity contribution in [1.82, 2.24) is 9.97 Å². The van der Waals surface area contributed by atoms with Crippen LogP contribution < -0.4 is 0 Å². The molecule has 0 saturated carbocycles. The van der Waals surface area contributed by atoms with Gasteiger partial charge < -0.3 is 9.47 Å². The predicted octanol–water partition coefficient (Wildman–Crippen LogP) is 1.73. The summed E-state index contributed by atoms with van der Waals surface area (Å²) < 4.78 is 10.2. The van der Waals surface area contributed by atoms with Crippen LogP contribution in [0.25, 0.3) is 0 Å². The van der Waals surface area contributed by atoms with E-state index in [1.807, 2.05) is 13.0 Å². The third-order valence-corrected chi connectivity index (χ3v) is 2.27. The van der Waals surface area contributed by atoms with Gasteiger partial charge >= 0.3 is 0 Å². The molecule has 16 heavy (non-hydrogen) atoms. The van der Waals surface area contributed by atoms with Crippen molar-refractivity contribution >= 4 is 11.6 Å². The first-order valence-electron chi connectivity index (χ1n) is 5.22. The highest BCUT2D eigenvalue weighted by Gasteiger charge is 2.01. The lowest BCUT2D eigenvalue weighted by Gasteiger charge is -2.05. The van der Waals surface area contributed by atoms with E-state index in [1.54, 1.807) is 7.11 Å². The first-order valence-corrected chi connectivity index (χ1v) is 5.75. The van der Waals surface area contributed by atoms with Crippen LogP contribution in [0.2, 0.25) is 0 Å². The smallest absolute Gasteiger partial charge is 0.131 e. The van der Waals surface area contributed by atoms with E-state index in [9.17, 15) is 0 Å². The highest BCUT2D eigenvalue weighted by atomic mass is 35.5. The number of rotatable bonds is 7. The lowest BCUT2D eigenvalue weighted by Crippen LogP contribution is -2.08. The number of methoxy groups -OCH3 is 1. The summed E-state index contributed by atoms with van der Waals surface area (Å²) in [5, 5.41) is 0. The van der Waals surface area contributed by atoms with Gasteiger partial charge in [0.2, 0.25) is 0 Å². The minimum atomic E-state index is 0.418. The molecule has 1 heterocycles. The maximum Gasteiger partial charge on any atom is 0.131 e. The monoisotopic (exact) mass is 244 g/mol. The second kappa shape index (κ2) is 7.54. The molecule has 0 radical (unpaired) electrons. The van der Waals surface area contributed by atoms with Crippen molar-refractivity contribution in [2.45, 2.75) is 19.2 Å². The van der Waals surface area contributed by atoms with Crippen LogP contribution in [0.1, 0.15) is 17.2 Å². The molecule has 5 heteroatoms. The molecular formula is C11H17ClN2O2. The Kier molecular flexibility index (Phi) is 6.30. The quantitative estimate of drug-likeness (QED) is 0.541. The third kappa shape index (κ3) is 4.88. The highest BCUT2D eigenvalue weighted by molar-refractivity contribution is 6.16. The largest absolute Gasteiger partial charge is 0.382 e. The number of halogens is 1. The molecule has 0 N–H and O–H groups in total. The Morgan fingerprint density at radius 1 is 1.25 bits per heavy atom. The second-order valence-electron chi connectivity index (χ2n) is 3.41. The summed E-state index contributed by atoms with van der Waals surface area (Å²) in [5.74, 6) is 1.20. The normalized spacial score (nSPS) is 10.7. The Morgan fingerprint density at radius 2 is 2.06 bits per heavy atom. The molecule has 0 spiro atoms. The molecule has 0 atom stereocenters. The van der Waals surface area contributed by atoms with Gasteiger partial charge in [-0.1, -0.05) is 0 Å². The van der Waals surface area contributed by atoms with Crippen LogP contribution in [-0.4, -0.2) is 36.9 Å². The van der Waals surface area contributed by atoms with Crippen LogP contribution in [0.15, 0.2) is 6.07 Å². The highest BCUT2D eigenvalue weighted by Crippen LogP contribution is 2.04. The summed E-state index contributed by atoms with van der Waals surface area (Å²) in [6.07, 6.45) is 0.704. The van der Waals surface area contributed by atoms with E-state index in [4.69, 9.17) is 21.1 Å². The van der Waals surface area contributed by atoms with Crippen molar-refractivity contribution in [2.24, 2.45) is 0 Å². The summed E-state index contributed by atoms with van der Waals surface area (Å²) in [5.41, 5.74) is 1.80. The fourth-order valence-electron chi connectivity index (χ4n) is 1.29. The number of alkyl halides is 1. The average molecular weight is 245 g/mol. The van der Waals surface area contributed by atoms with Gasteiger partial charge in [0.15, 0.2) is 0 Å². The molecule has 4 nitrogen and oxygen atoms in total. The Hall–Kier alpha value is -0.710. The SMILES string of the molecule is COCCOCCc1nc(C)cc(CCl)n1. The standard InChI is InChI=1S/C11H17ClN2O2/c1-9-7-10(8-12)14-11(13-9)3-4-16-6-5-15-2/h7H,3-6,8H2,1-2H3. The van der Waals surface area contributed by atoms with Crippen LogP contribution >= 0.6 is 11.6 Å². The second-order valence-corrected chi connectivity index (χ2v) is 3.67. The zero-order valence-corrected chi connectivity index (χ0v) is 10.5. The van der Waals surface area contributed by atoms with E-state index in [1.165, 1.54) is 0 Å². The first kappa shape index (κ1) is 13.4. The first-order chi connectivity index (χ1) is 7.76. The Bertz CT molecular complexity index is 321. The van der Waals surface area contributed by atoms with Crippen LogP contribution in [0.4, 0.5) is 0 Å². The van der Waals surface area contributed by atoms with Gasteiger partial charge in [-0.15, -0.1) is 11.6 Å². The molecule has 1 aromatic heterocycles. The molecule has 90 valence electrons. The number of nitrogens with zero attached hydrogens (tertiary/aromatic N) is 2. The maximum absolute atomic E-state index is 5.74. The van der Waals surface area contributed by atoms with Crippen molar-refractivity contribution in [1.29, 1.82) is 0 Å². The molecule has 0 aliphatic heterocycles. The molecule has 0 bridgehead atoms. The van der Waals surface area contributed by atoms with Crippen molar-refractivity contribution in [3.05, 3.63) is 23.3 Å². The summed E-state index contributed by atoms with van der Waals surface area (Å²) in [4.78, 5) is 8.63. The molecule has 0 aromatic carbocycles. The summed E-state index contributed by atoms with van der Waals surface area (Å²) in [6.45, 7) is 3.76. The molecule has 0 aliphatic rings. The number of aromatic nitrogens is 2. The van der Waals surface area contributed by atoms with Crippen molar-refractivity contribution < 1.29 is 9.47 Å². The van der Waals surface area contributed by atoms with E-state index in [2.05, 4.69) is 9.97 Å². The number of ether oxygens (including phenoxy) is 2. The summed E-state index contributed by atoms with van der Waals surface area (Å²) in [7, 11) is 1.65. The van der Waals surface area contributed by atoms with E-state index < -0.39 is 0 Å². The molecule has 0 aliphatic carbocycles. The van der Waals surface area contributed by atoms with Crippen molar-refractivity contribution in [2.75, 3.05) is 26.9 Å². The molecular weight excluding hydrogens is 228 g/mol. The summed E-state index contributed by atoms with van der Waals surface area (Å²) in [6, 6.07) is 1.89. The Morgan fingerprint density at radius 3 is 2.75 bits per heavy atom. The Labute approximate surface area is 101 Å². The number of hydrogen-bond acceptors (Lipinski definition) is 4. The minimum absolute atomic E-state index is 0.418. The van der Waals surface area contributed by atoms with E-state index >= 15 is 0 Å². The van der Waals surface area contributed by atoms with Crippen LogP contribution in [0, 0.1) is 6.92 Å². The fourth-order valence-corrected chi connectivity index (χ4v) is 1.42. The zero-order valence-electron chi connectivity index (χ0n) is 9.70. The molecule has 0 unspecified atom stereocenters. The minimum Gasteiger partial charge on any atom is -0.382 e. The van der Waals surface area contributed by atoms with Crippen LogP contribution in [0.3, 0.4) is 0 Å². The lowest BCUT2D eigenvalue weighted by molar-refractivity contribution is 0.0716. The molecule has 0 amide bonds. The fraction of sp³-hybridized carbons (Fsp3) is 0.636. The molecule has 0 fully saturated rings. The van der Waals surface area contributed by atoms with E-state index in [0.29, 0.717) is 32.1 Å². The van der Waals surface area contributed by atoms with Gasteiger partial charge in [0.05, 0.1) is 31.4 Å². The van der Waals surface area contributed by atoms with Crippen LogP contribution in [0.5, 0.6) is 0 Å². The lowest BCUT2D eigenvalue weighted by atomic mass is 10.3. The third-order valence-electron chi connectivity index (χ3n) is 1.99. The maximum atomic E-state index is 5.74. The van der Waals surface area contributed by atoms with Gasteiger partial charge in [-0.3, -0.25) is 0 Å². The topological polar surface area (TPSA) is 44.2 Å². The van der Waals surface area contributed by atoms with E-state index in [-0.39, 0.29) is 0 Å². The Balaban J connectivity index is 2.38. The molecule has 1 rings (SSSR count). The number of hydrogen-bond donors (Lipinski definition) is 0.